The summed E-state index contributed by atoms with van der Waals surface area (Å²) in [4.78, 5) is 14.5. The van der Waals surface area contributed by atoms with Gasteiger partial charge in [0, 0.05) is 31.0 Å². The second-order valence-corrected chi connectivity index (χ2v) is 6.07. The minimum absolute atomic E-state index is 0.0919. The van der Waals surface area contributed by atoms with Gasteiger partial charge >= 0.3 is 5.97 Å². The summed E-state index contributed by atoms with van der Waals surface area (Å²) < 4.78 is 5.86. The Morgan fingerprint density at radius 2 is 2.21 bits per heavy atom. The van der Waals surface area contributed by atoms with Crippen molar-refractivity contribution in [2.75, 3.05) is 13.6 Å². The molecule has 2 atom stereocenters. The molecule has 0 aromatic heterocycles. The number of carbonyl (C=O) groups is 1. The van der Waals surface area contributed by atoms with Crippen LogP contribution in [0.5, 0.6) is 0 Å². The van der Waals surface area contributed by atoms with Crippen molar-refractivity contribution >= 4 is 5.97 Å². The van der Waals surface area contributed by atoms with Crippen molar-refractivity contribution in [1.82, 2.24) is 4.90 Å². The maximum absolute atomic E-state index is 12.1. The van der Waals surface area contributed by atoms with Crippen molar-refractivity contribution < 1.29 is 9.53 Å². The summed E-state index contributed by atoms with van der Waals surface area (Å²) in [6, 6.07) is 0.536. The Balaban J connectivity index is 1.89. The monoisotopic (exact) mass is 261 g/mol. The average Bonchev–Trinajstić information content (AvgIpc) is 2.69. The summed E-state index contributed by atoms with van der Waals surface area (Å²) in [5, 5.41) is 0. The van der Waals surface area contributed by atoms with E-state index in [9.17, 15) is 4.79 Å². The van der Waals surface area contributed by atoms with Crippen LogP contribution in [0.4, 0.5) is 0 Å². The second kappa shape index (κ2) is 4.78. The molecule has 104 valence electrons. The fourth-order valence-electron chi connectivity index (χ4n) is 3.76. The first-order chi connectivity index (χ1) is 9.16. The third-order valence-electron chi connectivity index (χ3n) is 4.83. The molecule has 19 heavy (non-hydrogen) atoms. The molecule has 3 rings (SSSR count). The number of piperidine rings is 1. The van der Waals surface area contributed by atoms with E-state index >= 15 is 0 Å². The van der Waals surface area contributed by atoms with Crippen LogP contribution in [0.1, 0.15) is 45.4 Å². The molecule has 3 heteroatoms. The van der Waals surface area contributed by atoms with Crippen molar-refractivity contribution in [1.29, 1.82) is 0 Å². The Bertz CT molecular complexity index is 452. The highest BCUT2D eigenvalue weighted by molar-refractivity contribution is 5.98. The largest absolute Gasteiger partial charge is 0.450 e. The minimum Gasteiger partial charge on any atom is -0.450 e. The van der Waals surface area contributed by atoms with Gasteiger partial charge < -0.3 is 9.64 Å². The Hall–Kier alpha value is -1.09. The zero-order valence-electron chi connectivity index (χ0n) is 11.9. The Labute approximate surface area is 115 Å². The predicted molar refractivity (Wildman–Crippen MR) is 74.8 cm³/mol. The highest BCUT2D eigenvalue weighted by atomic mass is 16.6. The SMILES string of the molecule is CCCC1CC2(CCN1C)OC(=O)C1=CCCC=C12. The number of ether oxygens (including phenoxy) is 1. The number of rotatable bonds is 2. The summed E-state index contributed by atoms with van der Waals surface area (Å²) >= 11 is 0. The molecular weight excluding hydrogens is 238 g/mol. The molecule has 2 fully saturated rings. The van der Waals surface area contributed by atoms with Crippen molar-refractivity contribution in [2.45, 2.75) is 57.1 Å². The van der Waals surface area contributed by atoms with Gasteiger partial charge in [-0.2, -0.15) is 0 Å². The number of allylic oxidation sites excluding steroid dienone is 2. The molecule has 0 bridgehead atoms. The van der Waals surface area contributed by atoms with Crippen LogP contribution in [-0.2, 0) is 9.53 Å². The van der Waals surface area contributed by atoms with E-state index in [1.54, 1.807) is 0 Å². The lowest BCUT2D eigenvalue weighted by Crippen LogP contribution is -2.49. The standard InChI is InChI=1S/C16H23NO2/c1-3-6-12-11-16(9-10-17(12)2)14-8-5-4-7-13(14)15(18)19-16/h7-8,12H,3-6,9-11H2,1-2H3. The highest BCUT2D eigenvalue weighted by Gasteiger charge is 2.51. The minimum atomic E-state index is -0.310. The maximum atomic E-state index is 12.1. The van der Waals surface area contributed by atoms with Gasteiger partial charge in [0.05, 0.1) is 5.57 Å². The number of hydrogen-bond acceptors (Lipinski definition) is 3. The third-order valence-corrected chi connectivity index (χ3v) is 4.83. The molecule has 2 unspecified atom stereocenters. The second-order valence-electron chi connectivity index (χ2n) is 6.07. The first-order valence-electron chi connectivity index (χ1n) is 7.51. The van der Waals surface area contributed by atoms with Gasteiger partial charge in [-0.3, -0.25) is 0 Å². The zero-order valence-corrected chi connectivity index (χ0v) is 11.9. The van der Waals surface area contributed by atoms with Gasteiger partial charge in [-0.05, 0) is 26.3 Å². The first kappa shape index (κ1) is 12.9. The van der Waals surface area contributed by atoms with Crippen molar-refractivity contribution in [3.05, 3.63) is 23.3 Å². The molecule has 1 aliphatic carbocycles. The van der Waals surface area contributed by atoms with Crippen LogP contribution in [-0.4, -0.2) is 36.1 Å². The van der Waals surface area contributed by atoms with Crippen molar-refractivity contribution in [3.63, 3.8) is 0 Å². The fraction of sp³-hybridized carbons (Fsp3) is 0.688. The van der Waals surface area contributed by atoms with Crippen molar-refractivity contribution in [2.24, 2.45) is 0 Å². The van der Waals surface area contributed by atoms with E-state index in [1.807, 2.05) is 0 Å². The van der Waals surface area contributed by atoms with Crippen LogP contribution >= 0.6 is 0 Å². The van der Waals surface area contributed by atoms with Crippen LogP contribution < -0.4 is 0 Å². The number of likely N-dealkylation sites (tertiary alicyclic amines) is 1. The molecule has 0 aromatic carbocycles. The van der Waals surface area contributed by atoms with E-state index in [0.29, 0.717) is 6.04 Å². The molecular formula is C16H23NO2. The predicted octanol–water partition coefficient (Wildman–Crippen LogP) is 2.82. The van der Waals surface area contributed by atoms with Crippen LogP contribution in [0.25, 0.3) is 0 Å². The lowest BCUT2D eigenvalue weighted by molar-refractivity contribution is -0.149. The van der Waals surface area contributed by atoms with Crippen molar-refractivity contribution in [3.8, 4) is 0 Å². The maximum Gasteiger partial charge on any atom is 0.339 e. The van der Waals surface area contributed by atoms with Crippen LogP contribution in [0, 0.1) is 0 Å². The van der Waals surface area contributed by atoms with Gasteiger partial charge in [0.15, 0.2) is 0 Å². The molecule has 0 radical (unpaired) electrons. The lowest BCUT2D eigenvalue weighted by atomic mass is 9.77. The fourth-order valence-corrected chi connectivity index (χ4v) is 3.76. The molecule has 0 saturated carbocycles. The molecule has 3 aliphatic rings. The van der Waals surface area contributed by atoms with E-state index in [0.717, 1.165) is 37.8 Å². The molecule has 2 aliphatic heterocycles. The van der Waals surface area contributed by atoms with Gasteiger partial charge in [-0.25, -0.2) is 4.79 Å². The molecule has 0 N–H and O–H groups in total. The lowest BCUT2D eigenvalue weighted by Gasteiger charge is -2.43. The smallest absolute Gasteiger partial charge is 0.339 e. The molecule has 0 aromatic rings. The molecule has 1 spiro atoms. The van der Waals surface area contributed by atoms with Crippen LogP contribution in [0.2, 0.25) is 0 Å². The van der Waals surface area contributed by atoms with Gasteiger partial charge in [0.25, 0.3) is 0 Å². The summed E-state index contributed by atoms with van der Waals surface area (Å²) in [6.07, 6.45) is 10.6. The van der Waals surface area contributed by atoms with Crippen LogP contribution in [0.3, 0.4) is 0 Å². The summed E-state index contributed by atoms with van der Waals surface area (Å²) in [6.45, 7) is 3.24. The number of nitrogens with zero attached hydrogens (tertiary/aromatic N) is 1. The average molecular weight is 261 g/mol. The van der Waals surface area contributed by atoms with Gasteiger partial charge in [0.2, 0.25) is 0 Å². The zero-order chi connectivity index (χ0) is 13.5. The first-order valence-corrected chi connectivity index (χ1v) is 7.51. The number of carbonyl (C=O) groups excluding carboxylic acids is 1. The van der Waals surface area contributed by atoms with Crippen LogP contribution in [0.15, 0.2) is 23.3 Å². The van der Waals surface area contributed by atoms with E-state index in [1.165, 1.54) is 18.4 Å². The molecule has 3 nitrogen and oxygen atoms in total. The highest BCUT2D eigenvalue weighted by Crippen LogP contribution is 2.47. The summed E-state index contributed by atoms with van der Waals surface area (Å²) in [5.41, 5.74) is 1.74. The number of hydrogen-bond donors (Lipinski definition) is 0. The number of fused-ring (bicyclic) bond motifs is 2. The van der Waals surface area contributed by atoms with E-state index in [2.05, 4.69) is 31.0 Å². The summed E-state index contributed by atoms with van der Waals surface area (Å²) in [7, 11) is 2.19. The molecule has 0 amide bonds. The Morgan fingerprint density at radius 1 is 1.42 bits per heavy atom. The Kier molecular flexibility index (Phi) is 3.25. The van der Waals surface area contributed by atoms with Gasteiger partial charge in [-0.15, -0.1) is 0 Å². The van der Waals surface area contributed by atoms with Gasteiger partial charge in [-0.1, -0.05) is 25.5 Å². The third kappa shape index (κ3) is 2.04. The quantitative estimate of drug-likeness (QED) is 0.716. The topological polar surface area (TPSA) is 29.5 Å². The normalized spacial score (nSPS) is 34.8. The van der Waals surface area contributed by atoms with Gasteiger partial charge in [0.1, 0.15) is 5.60 Å². The van der Waals surface area contributed by atoms with E-state index < -0.39 is 0 Å². The number of esters is 1. The summed E-state index contributed by atoms with van der Waals surface area (Å²) in [5.74, 6) is -0.0919. The van der Waals surface area contributed by atoms with E-state index in [-0.39, 0.29) is 11.6 Å². The van der Waals surface area contributed by atoms with E-state index in [4.69, 9.17) is 4.74 Å². The molecule has 2 saturated heterocycles. The molecule has 2 heterocycles. The Morgan fingerprint density at radius 3 is 3.00 bits per heavy atom.